The number of aromatic nitrogens is 5. The van der Waals surface area contributed by atoms with Crippen LogP contribution in [0.3, 0.4) is 0 Å². The Hall–Kier alpha value is -2.45. The van der Waals surface area contributed by atoms with Gasteiger partial charge in [-0.05, 0) is 31.7 Å². The topological polar surface area (TPSA) is 51.8 Å². The Kier molecular flexibility index (Phi) is 6.64. The van der Waals surface area contributed by atoms with Crippen molar-refractivity contribution < 1.29 is 4.39 Å². The molecule has 0 N–H and O–H groups in total. The van der Waals surface area contributed by atoms with Gasteiger partial charge in [-0.3, -0.25) is 9.58 Å². The van der Waals surface area contributed by atoms with E-state index in [1.807, 2.05) is 37.0 Å². The normalized spacial score (nSPS) is 11.3. The van der Waals surface area contributed by atoms with Crippen molar-refractivity contribution in [2.45, 2.75) is 37.5 Å². The van der Waals surface area contributed by atoms with E-state index >= 15 is 0 Å². The highest BCUT2D eigenvalue weighted by molar-refractivity contribution is 7.98. The molecule has 0 atom stereocenters. The summed E-state index contributed by atoms with van der Waals surface area (Å²) in [5.41, 5.74) is 3.15. The first-order chi connectivity index (χ1) is 13.5. The maximum absolute atomic E-state index is 13.4. The van der Waals surface area contributed by atoms with Gasteiger partial charge in [0, 0.05) is 37.7 Å². The molecule has 0 aliphatic heterocycles. The van der Waals surface area contributed by atoms with Crippen molar-refractivity contribution in [3.05, 3.63) is 71.6 Å². The lowest BCUT2D eigenvalue weighted by atomic mass is 10.2. The minimum atomic E-state index is -0.223. The standard InChI is InChI=1S/C20H25FN6S/c1-5-9-27-19(13-25(3)11-17-12-26(4)24-15(17)2)22-23-20(27)28-14-16-7-6-8-18(21)10-16/h5-8,10,12H,1,9,11,13-14H2,2-4H3. The molecule has 0 aliphatic carbocycles. The van der Waals surface area contributed by atoms with E-state index in [4.69, 9.17) is 0 Å². The predicted octanol–water partition coefficient (Wildman–Crippen LogP) is 3.57. The van der Waals surface area contributed by atoms with Gasteiger partial charge in [-0.25, -0.2) is 4.39 Å². The maximum atomic E-state index is 13.4. The zero-order chi connectivity index (χ0) is 20.1. The van der Waals surface area contributed by atoms with Gasteiger partial charge in [0.05, 0.1) is 12.2 Å². The van der Waals surface area contributed by atoms with E-state index in [2.05, 4.69) is 38.4 Å². The van der Waals surface area contributed by atoms with Crippen LogP contribution in [0, 0.1) is 12.7 Å². The SMILES string of the molecule is C=CCn1c(CN(C)Cc2cn(C)nc2C)nnc1SCc1cccc(F)c1. The molecule has 0 saturated carbocycles. The molecular weight excluding hydrogens is 375 g/mol. The average molecular weight is 401 g/mol. The quantitative estimate of drug-likeness (QED) is 0.406. The van der Waals surface area contributed by atoms with Crippen molar-refractivity contribution in [3.8, 4) is 0 Å². The summed E-state index contributed by atoms with van der Waals surface area (Å²) in [7, 11) is 3.98. The van der Waals surface area contributed by atoms with Gasteiger partial charge < -0.3 is 4.57 Å². The lowest BCUT2D eigenvalue weighted by Gasteiger charge is -2.16. The van der Waals surface area contributed by atoms with Gasteiger partial charge in [0.25, 0.3) is 0 Å². The molecular formula is C20H25FN6S. The second kappa shape index (κ2) is 9.16. The molecule has 0 amide bonds. The highest BCUT2D eigenvalue weighted by atomic mass is 32.2. The van der Waals surface area contributed by atoms with E-state index in [1.165, 1.54) is 11.6 Å². The van der Waals surface area contributed by atoms with Gasteiger partial charge in [0.15, 0.2) is 5.16 Å². The zero-order valence-electron chi connectivity index (χ0n) is 16.5. The molecule has 0 saturated heterocycles. The van der Waals surface area contributed by atoms with Crippen LogP contribution in [0.1, 0.15) is 22.6 Å². The fraction of sp³-hybridized carbons (Fsp3) is 0.350. The largest absolute Gasteiger partial charge is 0.301 e. The molecule has 8 heteroatoms. The zero-order valence-corrected chi connectivity index (χ0v) is 17.3. The van der Waals surface area contributed by atoms with Crippen molar-refractivity contribution >= 4 is 11.8 Å². The minimum Gasteiger partial charge on any atom is -0.301 e. The molecule has 1 aromatic carbocycles. The fourth-order valence-corrected chi connectivity index (χ4v) is 3.93. The van der Waals surface area contributed by atoms with Crippen LogP contribution in [0.5, 0.6) is 0 Å². The Morgan fingerprint density at radius 2 is 2.11 bits per heavy atom. The van der Waals surface area contributed by atoms with Gasteiger partial charge in [-0.15, -0.1) is 16.8 Å². The van der Waals surface area contributed by atoms with Gasteiger partial charge in [0.1, 0.15) is 11.6 Å². The maximum Gasteiger partial charge on any atom is 0.191 e. The first kappa shape index (κ1) is 20.3. The molecule has 0 fully saturated rings. The van der Waals surface area contributed by atoms with E-state index < -0.39 is 0 Å². The van der Waals surface area contributed by atoms with Crippen LogP contribution < -0.4 is 0 Å². The van der Waals surface area contributed by atoms with Gasteiger partial charge in [-0.2, -0.15) is 5.10 Å². The summed E-state index contributed by atoms with van der Waals surface area (Å²) in [4.78, 5) is 2.19. The van der Waals surface area contributed by atoms with Crippen LogP contribution >= 0.6 is 11.8 Å². The van der Waals surface area contributed by atoms with Crippen molar-refractivity contribution in [3.63, 3.8) is 0 Å². The molecule has 3 rings (SSSR count). The van der Waals surface area contributed by atoms with Crippen LogP contribution in [0.25, 0.3) is 0 Å². The predicted molar refractivity (Wildman–Crippen MR) is 109 cm³/mol. The minimum absolute atomic E-state index is 0.223. The number of halogens is 1. The number of aryl methyl sites for hydroxylation is 2. The van der Waals surface area contributed by atoms with Crippen molar-refractivity contribution in [1.29, 1.82) is 0 Å². The highest BCUT2D eigenvalue weighted by Crippen LogP contribution is 2.23. The van der Waals surface area contributed by atoms with Crippen LogP contribution in [0.15, 0.2) is 48.3 Å². The third kappa shape index (κ3) is 5.08. The number of thioether (sulfide) groups is 1. The van der Waals surface area contributed by atoms with Crippen LogP contribution in [-0.4, -0.2) is 36.5 Å². The van der Waals surface area contributed by atoms with E-state index in [9.17, 15) is 4.39 Å². The van der Waals surface area contributed by atoms with Crippen LogP contribution in [0.2, 0.25) is 0 Å². The Labute approximate surface area is 169 Å². The summed E-state index contributed by atoms with van der Waals surface area (Å²) >= 11 is 1.55. The fourth-order valence-electron chi connectivity index (χ4n) is 3.02. The molecule has 0 aliphatic rings. The Balaban J connectivity index is 1.69. The van der Waals surface area contributed by atoms with E-state index in [-0.39, 0.29) is 5.82 Å². The van der Waals surface area contributed by atoms with Crippen LogP contribution in [-0.2, 0) is 32.4 Å². The summed E-state index contributed by atoms with van der Waals surface area (Å²) in [6.45, 7) is 7.95. The Bertz CT molecular complexity index is 948. The van der Waals surface area contributed by atoms with E-state index in [0.717, 1.165) is 28.8 Å². The molecule has 2 heterocycles. The lowest BCUT2D eigenvalue weighted by molar-refractivity contribution is 0.304. The molecule has 0 spiro atoms. The molecule has 3 aromatic rings. The van der Waals surface area contributed by atoms with Crippen LogP contribution in [0.4, 0.5) is 4.39 Å². The molecule has 6 nitrogen and oxygen atoms in total. The van der Waals surface area contributed by atoms with E-state index in [1.54, 1.807) is 23.9 Å². The second-order valence-electron chi connectivity index (χ2n) is 6.80. The molecule has 28 heavy (non-hydrogen) atoms. The number of benzene rings is 1. The number of hydrogen-bond acceptors (Lipinski definition) is 5. The summed E-state index contributed by atoms with van der Waals surface area (Å²) in [6, 6.07) is 6.63. The average Bonchev–Trinajstić information content (AvgIpc) is 3.16. The first-order valence-corrected chi connectivity index (χ1v) is 10.0. The monoisotopic (exact) mass is 400 g/mol. The van der Waals surface area contributed by atoms with Gasteiger partial charge >= 0.3 is 0 Å². The highest BCUT2D eigenvalue weighted by Gasteiger charge is 2.15. The molecule has 0 unspecified atom stereocenters. The molecule has 148 valence electrons. The number of allylic oxidation sites excluding steroid dienone is 1. The molecule has 0 bridgehead atoms. The third-order valence-corrected chi connectivity index (χ3v) is 5.37. The van der Waals surface area contributed by atoms with Crippen molar-refractivity contribution in [2.24, 2.45) is 7.05 Å². The van der Waals surface area contributed by atoms with Gasteiger partial charge in [0.2, 0.25) is 0 Å². The lowest BCUT2D eigenvalue weighted by Crippen LogP contribution is -2.20. The summed E-state index contributed by atoms with van der Waals surface area (Å²) in [5, 5.41) is 13.9. The first-order valence-electron chi connectivity index (χ1n) is 9.04. The number of rotatable bonds is 9. The Morgan fingerprint density at radius 3 is 2.79 bits per heavy atom. The molecule has 2 aromatic heterocycles. The van der Waals surface area contributed by atoms with Crippen molar-refractivity contribution in [1.82, 2.24) is 29.4 Å². The summed E-state index contributed by atoms with van der Waals surface area (Å²) < 4.78 is 17.3. The van der Waals surface area contributed by atoms with E-state index in [0.29, 0.717) is 18.8 Å². The smallest absolute Gasteiger partial charge is 0.191 e. The Morgan fingerprint density at radius 1 is 1.29 bits per heavy atom. The third-order valence-electron chi connectivity index (χ3n) is 4.33. The summed E-state index contributed by atoms with van der Waals surface area (Å²) in [5.74, 6) is 1.29. The molecule has 0 radical (unpaired) electrons. The number of hydrogen-bond donors (Lipinski definition) is 0. The second-order valence-corrected chi connectivity index (χ2v) is 7.74. The number of nitrogens with zero attached hydrogens (tertiary/aromatic N) is 6. The summed E-state index contributed by atoms with van der Waals surface area (Å²) in [6.07, 6.45) is 3.88. The van der Waals surface area contributed by atoms with Crippen molar-refractivity contribution in [2.75, 3.05) is 7.05 Å². The van der Waals surface area contributed by atoms with Gasteiger partial charge in [-0.1, -0.05) is 30.0 Å².